The SMILES string of the molecule is CCSc1nnc(C)c(=O)n1N. The van der Waals surface area contributed by atoms with Crippen molar-refractivity contribution in [2.45, 2.75) is 19.0 Å². The average molecular weight is 186 g/mol. The number of nitrogens with zero attached hydrogens (tertiary/aromatic N) is 3. The van der Waals surface area contributed by atoms with E-state index in [1.165, 1.54) is 11.8 Å². The zero-order valence-electron chi connectivity index (χ0n) is 6.94. The Morgan fingerprint density at radius 2 is 2.25 bits per heavy atom. The highest BCUT2D eigenvalue weighted by molar-refractivity contribution is 7.99. The molecule has 0 aliphatic carbocycles. The molecule has 0 spiro atoms. The van der Waals surface area contributed by atoms with Crippen molar-refractivity contribution in [2.24, 2.45) is 0 Å². The van der Waals surface area contributed by atoms with Crippen molar-refractivity contribution >= 4 is 11.8 Å². The molecule has 1 aromatic rings. The Kier molecular flexibility index (Phi) is 2.69. The molecule has 0 aromatic carbocycles. The Morgan fingerprint density at radius 3 is 2.83 bits per heavy atom. The fourth-order valence-corrected chi connectivity index (χ4v) is 1.28. The van der Waals surface area contributed by atoms with E-state index in [2.05, 4.69) is 10.2 Å². The van der Waals surface area contributed by atoms with Crippen LogP contribution in [0, 0.1) is 6.92 Å². The van der Waals surface area contributed by atoms with Gasteiger partial charge in [0, 0.05) is 0 Å². The standard InChI is InChI=1S/C6H10N4OS/c1-3-12-6-9-8-4(2)5(11)10(6)7/h3,7H2,1-2H3. The predicted octanol–water partition coefficient (Wildman–Crippen LogP) is -0.227. The van der Waals surface area contributed by atoms with Crippen LogP contribution >= 0.6 is 11.8 Å². The molecule has 12 heavy (non-hydrogen) atoms. The summed E-state index contributed by atoms with van der Waals surface area (Å²) < 4.78 is 1.02. The molecule has 0 saturated heterocycles. The summed E-state index contributed by atoms with van der Waals surface area (Å²) in [6.45, 7) is 3.54. The molecule has 1 rings (SSSR count). The summed E-state index contributed by atoms with van der Waals surface area (Å²) in [5, 5.41) is 7.91. The maximum Gasteiger partial charge on any atom is 0.294 e. The Labute approximate surface area is 74.0 Å². The van der Waals surface area contributed by atoms with Gasteiger partial charge in [-0.3, -0.25) is 4.79 Å². The van der Waals surface area contributed by atoms with E-state index in [1.807, 2.05) is 6.92 Å². The molecule has 1 heterocycles. The molecule has 0 aliphatic heterocycles. The topological polar surface area (TPSA) is 73.8 Å². The Morgan fingerprint density at radius 1 is 1.58 bits per heavy atom. The van der Waals surface area contributed by atoms with Crippen LogP contribution in [0.4, 0.5) is 0 Å². The smallest absolute Gasteiger partial charge is 0.294 e. The highest BCUT2D eigenvalue weighted by Crippen LogP contribution is 2.08. The molecule has 0 fully saturated rings. The van der Waals surface area contributed by atoms with E-state index in [1.54, 1.807) is 6.92 Å². The van der Waals surface area contributed by atoms with Crippen molar-refractivity contribution in [3.8, 4) is 0 Å². The summed E-state index contributed by atoms with van der Waals surface area (Å²) in [4.78, 5) is 11.2. The van der Waals surface area contributed by atoms with Crippen molar-refractivity contribution in [1.29, 1.82) is 0 Å². The van der Waals surface area contributed by atoms with Gasteiger partial charge in [-0.1, -0.05) is 18.7 Å². The van der Waals surface area contributed by atoms with E-state index < -0.39 is 0 Å². The molecule has 0 aliphatic rings. The van der Waals surface area contributed by atoms with Crippen molar-refractivity contribution in [1.82, 2.24) is 14.9 Å². The van der Waals surface area contributed by atoms with Crippen LogP contribution in [0.1, 0.15) is 12.6 Å². The fourth-order valence-electron chi connectivity index (χ4n) is 0.697. The van der Waals surface area contributed by atoms with Gasteiger partial charge in [0.1, 0.15) is 5.69 Å². The Hall–Kier alpha value is -1.04. The van der Waals surface area contributed by atoms with Gasteiger partial charge in [-0.25, -0.2) is 0 Å². The first-order valence-electron chi connectivity index (χ1n) is 3.51. The molecule has 0 atom stereocenters. The number of aryl methyl sites for hydroxylation is 1. The minimum atomic E-state index is -0.291. The molecular formula is C6H10N4OS. The Bertz CT molecular complexity index is 335. The minimum absolute atomic E-state index is 0.291. The van der Waals surface area contributed by atoms with E-state index in [0.29, 0.717) is 10.9 Å². The van der Waals surface area contributed by atoms with Crippen LogP contribution in [0.2, 0.25) is 0 Å². The monoisotopic (exact) mass is 186 g/mol. The van der Waals surface area contributed by atoms with Gasteiger partial charge in [-0.15, -0.1) is 10.2 Å². The van der Waals surface area contributed by atoms with Crippen LogP contribution in [-0.4, -0.2) is 20.6 Å². The molecule has 66 valence electrons. The number of nitrogen functional groups attached to an aromatic ring is 1. The van der Waals surface area contributed by atoms with E-state index in [4.69, 9.17) is 5.84 Å². The van der Waals surface area contributed by atoms with Crippen LogP contribution in [-0.2, 0) is 0 Å². The number of rotatable bonds is 2. The third-order valence-electron chi connectivity index (χ3n) is 1.29. The van der Waals surface area contributed by atoms with Crippen LogP contribution in [0.25, 0.3) is 0 Å². The van der Waals surface area contributed by atoms with Crippen LogP contribution in [0.5, 0.6) is 0 Å². The second kappa shape index (κ2) is 3.57. The van der Waals surface area contributed by atoms with Gasteiger partial charge < -0.3 is 5.84 Å². The van der Waals surface area contributed by atoms with Crippen molar-refractivity contribution in [2.75, 3.05) is 11.6 Å². The molecule has 0 radical (unpaired) electrons. The normalized spacial score (nSPS) is 10.2. The summed E-state index contributed by atoms with van der Waals surface area (Å²) >= 11 is 1.39. The van der Waals surface area contributed by atoms with Gasteiger partial charge in [0.25, 0.3) is 5.56 Å². The fraction of sp³-hybridized carbons (Fsp3) is 0.500. The number of thioether (sulfide) groups is 1. The van der Waals surface area contributed by atoms with Gasteiger partial charge in [-0.2, -0.15) is 4.68 Å². The molecular weight excluding hydrogens is 176 g/mol. The van der Waals surface area contributed by atoms with E-state index in [0.717, 1.165) is 10.4 Å². The van der Waals surface area contributed by atoms with Crippen LogP contribution in [0.15, 0.2) is 9.95 Å². The summed E-state index contributed by atoms with van der Waals surface area (Å²) in [5.41, 5.74) is 0.0268. The predicted molar refractivity (Wildman–Crippen MR) is 47.6 cm³/mol. The van der Waals surface area contributed by atoms with Gasteiger partial charge in [-0.05, 0) is 12.7 Å². The largest absolute Gasteiger partial charge is 0.334 e. The molecule has 0 amide bonds. The first kappa shape index (κ1) is 9.05. The number of hydrogen-bond donors (Lipinski definition) is 1. The van der Waals surface area contributed by atoms with E-state index in [-0.39, 0.29) is 5.56 Å². The quantitative estimate of drug-likeness (QED) is 0.510. The maximum atomic E-state index is 11.2. The lowest BCUT2D eigenvalue weighted by molar-refractivity contribution is 0.682. The molecule has 5 nitrogen and oxygen atoms in total. The summed E-state index contributed by atoms with van der Waals surface area (Å²) in [7, 11) is 0. The Balaban J connectivity index is 3.18. The molecule has 0 unspecified atom stereocenters. The third-order valence-corrected chi connectivity index (χ3v) is 2.12. The van der Waals surface area contributed by atoms with Crippen LogP contribution < -0.4 is 11.4 Å². The van der Waals surface area contributed by atoms with Gasteiger partial charge >= 0.3 is 0 Å². The van der Waals surface area contributed by atoms with E-state index in [9.17, 15) is 4.79 Å². The zero-order chi connectivity index (χ0) is 9.14. The second-order valence-corrected chi connectivity index (χ2v) is 3.41. The first-order valence-corrected chi connectivity index (χ1v) is 4.49. The highest BCUT2D eigenvalue weighted by Gasteiger charge is 2.05. The highest BCUT2D eigenvalue weighted by atomic mass is 32.2. The number of aromatic nitrogens is 3. The van der Waals surface area contributed by atoms with Crippen molar-refractivity contribution in [3.63, 3.8) is 0 Å². The number of hydrogen-bond acceptors (Lipinski definition) is 5. The second-order valence-electron chi connectivity index (χ2n) is 2.18. The molecule has 0 bridgehead atoms. The molecule has 0 saturated carbocycles. The minimum Gasteiger partial charge on any atom is -0.334 e. The first-order chi connectivity index (χ1) is 5.66. The summed E-state index contributed by atoms with van der Waals surface area (Å²) in [5.74, 6) is 6.26. The van der Waals surface area contributed by atoms with Gasteiger partial charge in [0.2, 0.25) is 5.16 Å². The lowest BCUT2D eigenvalue weighted by Crippen LogP contribution is -2.32. The van der Waals surface area contributed by atoms with E-state index >= 15 is 0 Å². The van der Waals surface area contributed by atoms with Gasteiger partial charge in [0.15, 0.2) is 0 Å². The van der Waals surface area contributed by atoms with Gasteiger partial charge in [0.05, 0.1) is 0 Å². The molecule has 6 heteroatoms. The van der Waals surface area contributed by atoms with Crippen molar-refractivity contribution < 1.29 is 0 Å². The summed E-state index contributed by atoms with van der Waals surface area (Å²) in [6, 6.07) is 0. The van der Waals surface area contributed by atoms with Crippen molar-refractivity contribution in [3.05, 3.63) is 16.0 Å². The number of nitrogens with two attached hydrogens (primary N) is 1. The maximum absolute atomic E-state index is 11.2. The summed E-state index contributed by atoms with van der Waals surface area (Å²) in [6.07, 6.45) is 0. The molecule has 1 aromatic heterocycles. The third kappa shape index (κ3) is 1.58. The molecule has 2 N–H and O–H groups in total. The lowest BCUT2D eigenvalue weighted by atomic mass is 10.5. The average Bonchev–Trinajstić information content (AvgIpc) is 2.07. The van der Waals surface area contributed by atoms with Crippen LogP contribution in [0.3, 0.4) is 0 Å². The zero-order valence-corrected chi connectivity index (χ0v) is 7.76. The lowest BCUT2D eigenvalue weighted by Gasteiger charge is -2.03.